The molecule has 0 amide bonds. The number of aliphatic hydroxyl groups is 2. The predicted molar refractivity (Wildman–Crippen MR) is 283 cm³/mol. The monoisotopic (exact) mass is 959 g/mol. The molecule has 10 fully saturated rings. The van der Waals surface area contributed by atoms with Gasteiger partial charge >= 0.3 is 11.9 Å². The van der Waals surface area contributed by atoms with Crippen LogP contribution in [0.4, 0.5) is 0 Å². The Balaban J connectivity index is 0.000000198. The molecule has 6 heteroatoms. The molecular weight excluding hydrogens is 853 g/mol. The van der Waals surface area contributed by atoms with Crippen molar-refractivity contribution in [2.24, 2.45) is 113 Å². The van der Waals surface area contributed by atoms with Crippen LogP contribution in [0.3, 0.4) is 0 Å². The summed E-state index contributed by atoms with van der Waals surface area (Å²) in [6, 6.07) is 0. The third-order valence-corrected chi connectivity index (χ3v) is 27.1. The van der Waals surface area contributed by atoms with Crippen molar-refractivity contribution in [3.8, 4) is 0 Å². The van der Waals surface area contributed by atoms with E-state index in [0.29, 0.717) is 58.7 Å². The lowest BCUT2D eigenvalue weighted by Gasteiger charge is -2.72. The van der Waals surface area contributed by atoms with Crippen molar-refractivity contribution in [3.63, 3.8) is 0 Å². The van der Waals surface area contributed by atoms with Gasteiger partial charge in [-0.15, -0.1) is 0 Å². The summed E-state index contributed by atoms with van der Waals surface area (Å²) in [5.74, 6) is 4.52. The Bertz CT molecular complexity index is 2020. The van der Waals surface area contributed by atoms with Crippen molar-refractivity contribution in [2.75, 3.05) is 7.11 Å². The minimum absolute atomic E-state index is 0. The maximum atomic E-state index is 13.3. The fourth-order valence-corrected chi connectivity index (χ4v) is 23.2. The van der Waals surface area contributed by atoms with E-state index in [1.165, 1.54) is 62.5 Å². The highest BCUT2D eigenvalue weighted by atomic mass is 16.5. The average molecular weight is 960 g/mol. The van der Waals surface area contributed by atoms with Crippen molar-refractivity contribution in [2.45, 2.75) is 239 Å². The van der Waals surface area contributed by atoms with Gasteiger partial charge in [0, 0.05) is 0 Å². The van der Waals surface area contributed by atoms with Crippen LogP contribution in [0.25, 0.3) is 0 Å². The summed E-state index contributed by atoms with van der Waals surface area (Å²) in [5.41, 5.74) is 3.14. The van der Waals surface area contributed by atoms with E-state index in [2.05, 4.69) is 96.2 Å². The Labute approximate surface area is 423 Å². The molecule has 0 aliphatic heterocycles. The van der Waals surface area contributed by atoms with E-state index >= 15 is 0 Å². The first-order chi connectivity index (χ1) is 31.0. The molecule has 0 bridgehead atoms. The number of rotatable bonds is 4. The van der Waals surface area contributed by atoms with Gasteiger partial charge in [-0.05, 0) is 245 Å². The molecule has 0 aromatic heterocycles. The molecule has 0 heterocycles. The van der Waals surface area contributed by atoms with Gasteiger partial charge in [0.2, 0.25) is 0 Å². The van der Waals surface area contributed by atoms with Gasteiger partial charge in [-0.25, -0.2) is 0 Å². The van der Waals surface area contributed by atoms with Gasteiger partial charge < -0.3 is 20.1 Å². The highest BCUT2D eigenvalue weighted by Crippen LogP contribution is 2.80. The number of allylic oxidation sites excluding steroid dienone is 2. The molecule has 6 nitrogen and oxygen atoms in total. The molecule has 0 saturated heterocycles. The normalized spacial score (nSPS) is 52.7. The van der Waals surface area contributed by atoms with Crippen LogP contribution in [0.15, 0.2) is 24.3 Å². The maximum absolute atomic E-state index is 13.3. The predicted octanol–water partition coefficient (Wildman–Crippen LogP) is 15.5. The number of carbonyl (C=O) groups is 2. The molecule has 0 aromatic carbocycles. The lowest BCUT2D eigenvalue weighted by Crippen LogP contribution is -2.67. The zero-order chi connectivity index (χ0) is 49.1. The number of carboxylic acid groups (broad SMARTS) is 1. The number of hydrogen-bond donors (Lipinski definition) is 3. The van der Waals surface area contributed by atoms with E-state index in [0.717, 1.165) is 77.0 Å². The topological polar surface area (TPSA) is 104 Å². The van der Waals surface area contributed by atoms with Gasteiger partial charge in [0.05, 0.1) is 30.1 Å². The number of ether oxygens (including phenoxy) is 1. The van der Waals surface area contributed by atoms with Crippen molar-refractivity contribution in [1.29, 1.82) is 0 Å². The Hall–Kier alpha value is -1.66. The van der Waals surface area contributed by atoms with Crippen LogP contribution in [-0.2, 0) is 14.3 Å². The maximum Gasteiger partial charge on any atom is 0.312 e. The van der Waals surface area contributed by atoms with E-state index in [9.17, 15) is 24.9 Å². The first-order valence-electron chi connectivity index (χ1n) is 28.0. The van der Waals surface area contributed by atoms with E-state index in [-0.39, 0.29) is 82.3 Å². The standard InChI is InChI=1S/C31H50O3.C30H48O3.2CH4/c1-19(2)20-11-16-31(26(33)34-8)18-17-29(6)21(25(20)31)9-10-23-28(5)14-13-24(32)27(3,4)22(28)12-15-30(23,29)7;1-18(2)19-10-15-30(25(32)33)17-16-28(6)20(24(19)30)8-9-22-27(5)13-12-23(31)26(3,4)21(27)11-14-29(22,28)7;;/h20-25,32H,1,9-18H2,2-8H3;19-24,31H,1,8-17H2,2-7H3,(H,32,33);2*1H4/t20-,21?,22?,23?,24-,25?,28-,29+,30+,31-;19-,20?,21?,22?,23-,24?,27-,28+,29+,30-;;/m00../s1. The number of fused-ring (bicyclic) bond motifs is 14. The highest BCUT2D eigenvalue weighted by molar-refractivity contribution is 5.78. The summed E-state index contributed by atoms with van der Waals surface area (Å²) in [6.45, 7) is 38.0. The van der Waals surface area contributed by atoms with E-state index in [1.807, 2.05) is 0 Å². The van der Waals surface area contributed by atoms with Gasteiger partial charge in [-0.3, -0.25) is 9.59 Å². The van der Waals surface area contributed by atoms with Crippen molar-refractivity contribution >= 4 is 11.9 Å². The smallest absolute Gasteiger partial charge is 0.312 e. The van der Waals surface area contributed by atoms with Crippen molar-refractivity contribution < 1.29 is 29.6 Å². The quantitative estimate of drug-likeness (QED) is 0.192. The van der Waals surface area contributed by atoms with E-state index in [4.69, 9.17) is 4.74 Å². The minimum atomic E-state index is -0.538. The van der Waals surface area contributed by atoms with Gasteiger partial charge in [0.25, 0.3) is 0 Å². The molecule has 0 spiro atoms. The lowest BCUT2D eigenvalue weighted by atomic mass is 9.32. The number of aliphatic carboxylic acids is 1. The fourth-order valence-electron chi connectivity index (χ4n) is 23.2. The molecule has 10 aliphatic rings. The second-order valence-corrected chi connectivity index (χ2v) is 29.2. The van der Waals surface area contributed by atoms with Crippen molar-refractivity contribution in [3.05, 3.63) is 24.3 Å². The van der Waals surface area contributed by atoms with Crippen LogP contribution < -0.4 is 0 Å². The molecule has 10 rings (SSSR count). The molecule has 8 unspecified atom stereocenters. The molecule has 10 saturated carbocycles. The Kier molecular flexibility index (Phi) is 13.9. The molecule has 20 atom stereocenters. The summed E-state index contributed by atoms with van der Waals surface area (Å²) < 4.78 is 5.49. The first kappa shape index (κ1) is 55.1. The summed E-state index contributed by atoms with van der Waals surface area (Å²) in [5, 5.41) is 32.3. The molecule has 0 aromatic rings. The van der Waals surface area contributed by atoms with Gasteiger partial charge in [-0.1, -0.05) is 108 Å². The Morgan fingerprint density at radius 2 is 0.841 bits per heavy atom. The number of hydrogen-bond acceptors (Lipinski definition) is 5. The SMILES string of the molecule is C.C.C=C(C)[C@@H]1CC[C@]2(C(=O)O)CC[C@]3(C)C(CCC4[C@@]5(C)CC[C@H](O)C(C)(C)C5CC[C@]43C)C12.C=C(C)[C@@H]1CC[C@]2(C(=O)OC)CC[C@]3(C)C(CCC4[C@@]5(C)CC[C@H](O)C(C)(C)C5CC[C@]43C)C12. The summed E-state index contributed by atoms with van der Waals surface area (Å²) in [4.78, 5) is 26.1. The van der Waals surface area contributed by atoms with Gasteiger partial charge in [-0.2, -0.15) is 0 Å². The number of esters is 1. The summed E-state index contributed by atoms with van der Waals surface area (Å²) in [7, 11) is 1.59. The van der Waals surface area contributed by atoms with Crippen LogP contribution in [0.5, 0.6) is 0 Å². The molecule has 394 valence electrons. The summed E-state index contributed by atoms with van der Waals surface area (Å²) in [6.07, 6.45) is 21.6. The van der Waals surface area contributed by atoms with Gasteiger partial charge in [0.1, 0.15) is 0 Å². The van der Waals surface area contributed by atoms with Crippen LogP contribution in [0.1, 0.15) is 226 Å². The summed E-state index contributed by atoms with van der Waals surface area (Å²) >= 11 is 0. The fraction of sp³-hybridized carbons (Fsp3) is 0.905. The van der Waals surface area contributed by atoms with Crippen LogP contribution >= 0.6 is 0 Å². The molecular formula is C63H106O6. The lowest BCUT2D eigenvalue weighted by molar-refractivity contribution is -0.248. The number of carboxylic acids is 1. The minimum Gasteiger partial charge on any atom is -0.481 e. The first-order valence-corrected chi connectivity index (χ1v) is 28.0. The van der Waals surface area contributed by atoms with Crippen LogP contribution in [0.2, 0.25) is 0 Å². The molecule has 0 radical (unpaired) electrons. The molecule has 10 aliphatic carbocycles. The second kappa shape index (κ2) is 17.5. The number of aliphatic hydroxyl groups excluding tert-OH is 2. The third-order valence-electron chi connectivity index (χ3n) is 27.1. The number of methoxy groups -OCH3 is 1. The van der Waals surface area contributed by atoms with Crippen LogP contribution in [-0.4, -0.2) is 46.6 Å². The van der Waals surface area contributed by atoms with Crippen molar-refractivity contribution in [1.82, 2.24) is 0 Å². The average Bonchev–Trinajstić information content (AvgIpc) is 3.86. The highest BCUT2D eigenvalue weighted by Gasteiger charge is 2.74. The second-order valence-electron chi connectivity index (χ2n) is 29.2. The Morgan fingerprint density at radius 1 is 0.464 bits per heavy atom. The molecule has 3 N–H and O–H groups in total. The van der Waals surface area contributed by atoms with E-state index in [1.54, 1.807) is 7.11 Å². The third kappa shape index (κ3) is 6.98. The largest absolute Gasteiger partial charge is 0.481 e. The van der Waals surface area contributed by atoms with Gasteiger partial charge in [0.15, 0.2) is 0 Å². The molecule has 69 heavy (non-hydrogen) atoms. The zero-order valence-corrected chi connectivity index (χ0v) is 45.1. The van der Waals surface area contributed by atoms with E-state index < -0.39 is 11.4 Å². The van der Waals surface area contributed by atoms with Crippen LogP contribution in [0, 0.1) is 113 Å². The Morgan fingerprint density at radius 3 is 1.22 bits per heavy atom. The zero-order valence-electron chi connectivity index (χ0n) is 45.1. The number of carbonyl (C=O) groups excluding carboxylic acids is 1.